The third kappa shape index (κ3) is 4.65. The average Bonchev–Trinajstić information content (AvgIpc) is 2.57. The Morgan fingerprint density at radius 2 is 2.17 bits per heavy atom. The molecule has 0 aromatic heterocycles. The zero-order valence-electron chi connectivity index (χ0n) is 13.7. The number of rotatable bonds is 7. The number of benzene rings is 1. The number of carbonyl (C=O) groups is 2. The summed E-state index contributed by atoms with van der Waals surface area (Å²) in [6.45, 7) is 0.945. The molecule has 1 N–H and O–H groups in total. The van der Waals surface area contributed by atoms with Crippen LogP contribution in [-0.2, 0) is 14.3 Å². The minimum atomic E-state index is -0.988. The predicted molar refractivity (Wildman–Crippen MR) is 94.6 cm³/mol. The number of nitrogens with zero attached hydrogens (tertiary/aromatic N) is 1. The average molecular weight is 372 g/mol. The second kappa shape index (κ2) is 8.74. The van der Waals surface area contributed by atoms with Gasteiger partial charge in [-0.3, -0.25) is 9.59 Å². The van der Waals surface area contributed by atoms with Gasteiger partial charge in [-0.1, -0.05) is 23.7 Å². The van der Waals surface area contributed by atoms with Crippen molar-refractivity contribution < 1.29 is 19.4 Å². The maximum absolute atomic E-state index is 12.4. The quantitative estimate of drug-likeness (QED) is 0.746. The Hall–Kier alpha value is -1.24. The van der Waals surface area contributed by atoms with Gasteiger partial charge in [-0.05, 0) is 25.0 Å². The van der Waals surface area contributed by atoms with Crippen molar-refractivity contribution >= 4 is 35.2 Å². The first-order chi connectivity index (χ1) is 11.5. The summed E-state index contributed by atoms with van der Waals surface area (Å²) in [5.41, 5.74) is -0.988. The molecule has 1 aromatic rings. The molecule has 0 aliphatic carbocycles. The van der Waals surface area contributed by atoms with E-state index in [0.29, 0.717) is 36.6 Å². The summed E-state index contributed by atoms with van der Waals surface area (Å²) in [5, 5.41) is 10.2. The third-order valence-corrected chi connectivity index (χ3v) is 5.73. The molecular formula is C17H22ClNO4S. The molecule has 132 valence electrons. The number of methoxy groups -OCH3 is 1. The molecule has 1 saturated heterocycles. The van der Waals surface area contributed by atoms with Crippen LogP contribution < -0.4 is 0 Å². The van der Waals surface area contributed by atoms with E-state index in [0.717, 1.165) is 4.90 Å². The highest BCUT2D eigenvalue weighted by Crippen LogP contribution is 2.32. The Labute approximate surface area is 151 Å². The first-order valence-electron chi connectivity index (χ1n) is 7.86. The van der Waals surface area contributed by atoms with Crippen molar-refractivity contribution in [1.82, 2.24) is 4.90 Å². The van der Waals surface area contributed by atoms with Gasteiger partial charge in [0.2, 0.25) is 5.91 Å². The highest BCUT2D eigenvalue weighted by atomic mass is 35.5. The summed E-state index contributed by atoms with van der Waals surface area (Å²) < 4.78 is 5.09. The van der Waals surface area contributed by atoms with Gasteiger partial charge >= 0.3 is 5.97 Å². The fraction of sp³-hybridized carbons (Fsp3) is 0.529. The number of carbonyl (C=O) groups excluding carboxylic acids is 1. The van der Waals surface area contributed by atoms with E-state index < -0.39 is 11.4 Å². The Balaban J connectivity index is 1.90. The summed E-state index contributed by atoms with van der Waals surface area (Å²) in [6, 6.07) is 7.52. The zero-order valence-corrected chi connectivity index (χ0v) is 15.2. The highest BCUT2D eigenvalue weighted by molar-refractivity contribution is 7.99. The first kappa shape index (κ1) is 19.1. The van der Waals surface area contributed by atoms with Crippen LogP contribution in [0.4, 0.5) is 0 Å². The van der Waals surface area contributed by atoms with Gasteiger partial charge < -0.3 is 14.7 Å². The zero-order chi connectivity index (χ0) is 17.6. The summed E-state index contributed by atoms with van der Waals surface area (Å²) in [6.07, 6.45) is 1.58. The molecule has 1 fully saturated rings. The maximum atomic E-state index is 12.4. The highest BCUT2D eigenvalue weighted by Gasteiger charge is 2.43. The molecule has 1 heterocycles. The largest absolute Gasteiger partial charge is 0.481 e. The fourth-order valence-corrected chi connectivity index (χ4v) is 4.12. The lowest BCUT2D eigenvalue weighted by molar-refractivity contribution is -0.159. The summed E-state index contributed by atoms with van der Waals surface area (Å²) in [7, 11) is 1.49. The van der Waals surface area contributed by atoms with E-state index in [1.54, 1.807) is 4.90 Å². The molecule has 1 aliphatic rings. The second-order valence-corrected chi connectivity index (χ2v) is 7.51. The molecule has 1 aromatic carbocycles. The second-order valence-electron chi connectivity index (χ2n) is 5.97. The first-order valence-corrected chi connectivity index (χ1v) is 9.22. The van der Waals surface area contributed by atoms with Crippen LogP contribution in [0.25, 0.3) is 0 Å². The van der Waals surface area contributed by atoms with Crippen LogP contribution in [-0.4, -0.2) is 54.4 Å². The lowest BCUT2D eigenvalue weighted by atomic mass is 9.80. The molecule has 1 amide bonds. The standard InChI is InChI=1S/C17H22ClNO4S/c1-23-12-17(16(21)22)8-4-9-19(11-17)15(20)7-10-24-14-6-3-2-5-13(14)18/h2-3,5-6H,4,7-12H2,1H3,(H,21,22). The normalized spacial score (nSPS) is 20.8. The Kier molecular flexibility index (Phi) is 6.95. The van der Waals surface area contributed by atoms with Crippen LogP contribution >= 0.6 is 23.4 Å². The van der Waals surface area contributed by atoms with Crippen molar-refractivity contribution in [2.75, 3.05) is 32.6 Å². The van der Waals surface area contributed by atoms with Crippen LogP contribution in [0.2, 0.25) is 5.02 Å². The van der Waals surface area contributed by atoms with E-state index in [2.05, 4.69) is 0 Å². The molecular weight excluding hydrogens is 350 g/mol. The molecule has 1 aliphatic heterocycles. The van der Waals surface area contributed by atoms with Crippen molar-refractivity contribution in [1.29, 1.82) is 0 Å². The molecule has 0 saturated carbocycles. The summed E-state index contributed by atoms with van der Waals surface area (Å²) in [5.74, 6) is -0.299. The molecule has 24 heavy (non-hydrogen) atoms. The minimum absolute atomic E-state index is 0.0176. The number of piperidine rings is 1. The lowest BCUT2D eigenvalue weighted by Crippen LogP contribution is -2.52. The summed E-state index contributed by atoms with van der Waals surface area (Å²) >= 11 is 7.64. The number of hydrogen-bond donors (Lipinski definition) is 1. The maximum Gasteiger partial charge on any atom is 0.313 e. The number of carboxylic acid groups (broad SMARTS) is 1. The SMILES string of the molecule is COCC1(C(=O)O)CCCN(C(=O)CCSc2ccccc2Cl)C1. The smallest absolute Gasteiger partial charge is 0.313 e. The summed E-state index contributed by atoms with van der Waals surface area (Å²) in [4.78, 5) is 26.7. The van der Waals surface area contributed by atoms with Crippen LogP contribution in [0.1, 0.15) is 19.3 Å². The van der Waals surface area contributed by atoms with Crippen molar-refractivity contribution in [2.45, 2.75) is 24.2 Å². The minimum Gasteiger partial charge on any atom is -0.481 e. The van der Waals surface area contributed by atoms with Crippen LogP contribution in [0.15, 0.2) is 29.2 Å². The number of likely N-dealkylation sites (tertiary alicyclic amines) is 1. The van der Waals surface area contributed by atoms with E-state index in [4.69, 9.17) is 16.3 Å². The Morgan fingerprint density at radius 1 is 1.42 bits per heavy atom. The molecule has 7 heteroatoms. The monoisotopic (exact) mass is 371 g/mol. The van der Waals surface area contributed by atoms with Crippen LogP contribution in [0.3, 0.4) is 0 Å². The van der Waals surface area contributed by atoms with Gasteiger partial charge in [0.1, 0.15) is 5.41 Å². The molecule has 1 unspecified atom stereocenters. The van der Waals surface area contributed by atoms with E-state index >= 15 is 0 Å². The molecule has 2 rings (SSSR count). The van der Waals surface area contributed by atoms with E-state index in [1.165, 1.54) is 18.9 Å². The third-order valence-electron chi connectivity index (χ3n) is 4.21. The fourth-order valence-electron chi connectivity index (χ4n) is 2.94. The molecule has 5 nitrogen and oxygen atoms in total. The van der Waals surface area contributed by atoms with Gasteiger partial charge in [0, 0.05) is 37.3 Å². The van der Waals surface area contributed by atoms with Gasteiger partial charge in [0.15, 0.2) is 0 Å². The number of ether oxygens (including phenoxy) is 1. The number of hydrogen-bond acceptors (Lipinski definition) is 4. The van der Waals surface area contributed by atoms with Crippen molar-refractivity contribution in [3.8, 4) is 0 Å². The van der Waals surface area contributed by atoms with E-state index in [9.17, 15) is 14.7 Å². The van der Waals surface area contributed by atoms with Gasteiger partial charge in [0.25, 0.3) is 0 Å². The van der Waals surface area contributed by atoms with Crippen LogP contribution in [0, 0.1) is 5.41 Å². The Bertz CT molecular complexity index is 594. The molecule has 0 radical (unpaired) electrons. The molecule has 0 spiro atoms. The van der Waals surface area contributed by atoms with Gasteiger partial charge in [-0.15, -0.1) is 11.8 Å². The lowest BCUT2D eigenvalue weighted by Gasteiger charge is -2.39. The molecule has 1 atom stereocenters. The topological polar surface area (TPSA) is 66.8 Å². The number of carboxylic acids is 1. The number of aliphatic carboxylic acids is 1. The van der Waals surface area contributed by atoms with E-state index in [1.807, 2.05) is 24.3 Å². The number of thioether (sulfide) groups is 1. The number of amides is 1. The van der Waals surface area contributed by atoms with Crippen LogP contribution in [0.5, 0.6) is 0 Å². The van der Waals surface area contributed by atoms with E-state index in [-0.39, 0.29) is 19.1 Å². The van der Waals surface area contributed by atoms with Gasteiger partial charge in [-0.25, -0.2) is 0 Å². The van der Waals surface area contributed by atoms with Gasteiger partial charge in [-0.2, -0.15) is 0 Å². The number of halogens is 1. The Morgan fingerprint density at radius 3 is 2.83 bits per heavy atom. The van der Waals surface area contributed by atoms with Crippen molar-refractivity contribution in [3.63, 3.8) is 0 Å². The van der Waals surface area contributed by atoms with Gasteiger partial charge in [0.05, 0.1) is 11.6 Å². The predicted octanol–water partition coefficient (Wildman–Crippen LogP) is 3.16. The van der Waals surface area contributed by atoms with Crippen molar-refractivity contribution in [3.05, 3.63) is 29.3 Å². The van der Waals surface area contributed by atoms with Crippen molar-refractivity contribution in [2.24, 2.45) is 5.41 Å². The molecule has 0 bridgehead atoms.